The maximum atomic E-state index is 12.0. The van der Waals surface area contributed by atoms with Crippen LogP contribution in [0.4, 0.5) is 0 Å². The minimum absolute atomic E-state index is 0.00370. The Kier molecular flexibility index (Phi) is 3.21. The van der Waals surface area contributed by atoms with E-state index in [2.05, 4.69) is 0 Å². The van der Waals surface area contributed by atoms with Gasteiger partial charge in [0.05, 0.1) is 6.10 Å². The van der Waals surface area contributed by atoms with Gasteiger partial charge in [0.2, 0.25) is 0 Å². The molecule has 0 radical (unpaired) electrons. The third kappa shape index (κ3) is 2.34. The normalized spacial score (nSPS) is 21.8. The molecule has 8 heteroatoms. The van der Waals surface area contributed by atoms with Crippen molar-refractivity contribution < 1.29 is 23.4 Å². The fraction of sp³-hybridized carbons (Fsp3) is 0.444. The van der Waals surface area contributed by atoms with E-state index >= 15 is 0 Å². The van der Waals surface area contributed by atoms with Crippen LogP contribution in [0.2, 0.25) is 0 Å². The second kappa shape index (κ2) is 4.37. The molecule has 0 bridgehead atoms. The molecule has 0 amide bonds. The highest BCUT2D eigenvalue weighted by Crippen LogP contribution is 2.27. The first kappa shape index (κ1) is 12.5. The summed E-state index contributed by atoms with van der Waals surface area (Å²) in [6, 6.07) is 2.56. The zero-order chi connectivity index (χ0) is 12.6. The molecule has 94 valence electrons. The number of aliphatic hydroxyl groups excluding tert-OH is 1. The van der Waals surface area contributed by atoms with Crippen molar-refractivity contribution in [3.63, 3.8) is 0 Å². The van der Waals surface area contributed by atoms with E-state index in [4.69, 9.17) is 5.11 Å². The number of aromatic carboxylic acids is 1. The molecule has 1 aromatic heterocycles. The molecule has 1 fully saturated rings. The van der Waals surface area contributed by atoms with Crippen LogP contribution >= 0.6 is 11.3 Å². The van der Waals surface area contributed by atoms with Crippen LogP contribution in [0.15, 0.2) is 16.3 Å². The van der Waals surface area contributed by atoms with Crippen LogP contribution < -0.4 is 0 Å². The predicted molar refractivity (Wildman–Crippen MR) is 60.7 cm³/mol. The van der Waals surface area contributed by atoms with Gasteiger partial charge in [-0.15, -0.1) is 11.3 Å². The number of thiophene rings is 1. The average molecular weight is 277 g/mol. The number of carboxylic acids is 1. The first-order valence-corrected chi connectivity index (χ1v) is 7.18. The highest BCUT2D eigenvalue weighted by molar-refractivity contribution is 7.91. The number of nitrogens with zero attached hydrogens (tertiary/aromatic N) is 1. The smallest absolute Gasteiger partial charge is 0.345 e. The Labute approximate surface area is 102 Å². The Balaban J connectivity index is 2.28. The van der Waals surface area contributed by atoms with Crippen molar-refractivity contribution >= 4 is 27.3 Å². The Bertz CT molecular complexity index is 535. The minimum atomic E-state index is -3.66. The maximum Gasteiger partial charge on any atom is 0.345 e. The van der Waals surface area contributed by atoms with E-state index in [0.717, 1.165) is 11.3 Å². The second-order valence-electron chi connectivity index (χ2n) is 3.73. The highest BCUT2D eigenvalue weighted by Gasteiger charge is 2.32. The van der Waals surface area contributed by atoms with Gasteiger partial charge in [-0.3, -0.25) is 0 Å². The molecule has 1 atom stereocenters. The van der Waals surface area contributed by atoms with Crippen molar-refractivity contribution in [1.29, 1.82) is 0 Å². The fourth-order valence-corrected chi connectivity index (χ4v) is 4.42. The molecular weight excluding hydrogens is 266 g/mol. The molecule has 2 heterocycles. The summed E-state index contributed by atoms with van der Waals surface area (Å²) in [4.78, 5) is 10.7. The molecule has 1 aromatic rings. The van der Waals surface area contributed by atoms with Gasteiger partial charge in [-0.05, 0) is 18.6 Å². The van der Waals surface area contributed by atoms with E-state index < -0.39 is 22.1 Å². The lowest BCUT2D eigenvalue weighted by Gasteiger charge is -2.13. The minimum Gasteiger partial charge on any atom is -0.477 e. The van der Waals surface area contributed by atoms with Gasteiger partial charge in [0, 0.05) is 13.1 Å². The van der Waals surface area contributed by atoms with Crippen molar-refractivity contribution in [2.75, 3.05) is 13.1 Å². The molecule has 6 nitrogen and oxygen atoms in total. The van der Waals surface area contributed by atoms with Gasteiger partial charge in [0.1, 0.15) is 9.09 Å². The summed E-state index contributed by atoms with van der Waals surface area (Å²) in [5.41, 5.74) is 0. The summed E-state index contributed by atoms with van der Waals surface area (Å²) in [6.07, 6.45) is -0.222. The van der Waals surface area contributed by atoms with Crippen LogP contribution in [0.5, 0.6) is 0 Å². The lowest BCUT2D eigenvalue weighted by molar-refractivity contribution is 0.0702. The van der Waals surface area contributed by atoms with Crippen LogP contribution in [0.3, 0.4) is 0 Å². The second-order valence-corrected chi connectivity index (χ2v) is 6.98. The van der Waals surface area contributed by atoms with E-state index in [-0.39, 0.29) is 22.2 Å². The molecular formula is C9H11NO5S2. The van der Waals surface area contributed by atoms with Crippen LogP contribution in [0.25, 0.3) is 0 Å². The molecule has 2 rings (SSSR count). The van der Waals surface area contributed by atoms with Crippen molar-refractivity contribution in [1.82, 2.24) is 4.31 Å². The van der Waals surface area contributed by atoms with Crippen LogP contribution in [-0.2, 0) is 10.0 Å². The molecule has 1 aliphatic heterocycles. The molecule has 2 N–H and O–H groups in total. The quantitative estimate of drug-likeness (QED) is 0.823. The van der Waals surface area contributed by atoms with Crippen molar-refractivity contribution in [3.8, 4) is 0 Å². The standard InChI is InChI=1S/C9H11NO5S2/c11-6-3-4-10(5-6)17(14,15)8-2-1-7(16-8)9(12)13/h1-2,6,11H,3-5H2,(H,12,13)/t6-/m0/s1. The van der Waals surface area contributed by atoms with Gasteiger partial charge >= 0.3 is 5.97 Å². The maximum absolute atomic E-state index is 12.0. The third-order valence-electron chi connectivity index (χ3n) is 2.51. The van der Waals surface area contributed by atoms with Gasteiger partial charge in [-0.1, -0.05) is 0 Å². The molecule has 0 saturated carbocycles. The van der Waals surface area contributed by atoms with Crippen LogP contribution in [0.1, 0.15) is 16.1 Å². The Morgan fingerprint density at radius 1 is 1.47 bits per heavy atom. The zero-order valence-electron chi connectivity index (χ0n) is 8.74. The number of hydrogen-bond acceptors (Lipinski definition) is 5. The number of hydrogen-bond donors (Lipinski definition) is 2. The van der Waals surface area contributed by atoms with Gasteiger partial charge in [-0.2, -0.15) is 4.31 Å². The summed E-state index contributed by atoms with van der Waals surface area (Å²) in [5, 5.41) is 18.0. The van der Waals surface area contributed by atoms with Gasteiger partial charge in [-0.25, -0.2) is 13.2 Å². The van der Waals surface area contributed by atoms with E-state index in [1.807, 2.05) is 0 Å². The summed E-state index contributed by atoms with van der Waals surface area (Å²) in [7, 11) is -3.66. The number of carbonyl (C=O) groups is 1. The Hall–Kier alpha value is -0.960. The first-order valence-electron chi connectivity index (χ1n) is 4.92. The summed E-state index contributed by atoms with van der Waals surface area (Å²) < 4.78 is 25.3. The van der Waals surface area contributed by atoms with E-state index in [9.17, 15) is 18.3 Å². The third-order valence-corrected chi connectivity index (χ3v) is 5.92. The fourth-order valence-electron chi connectivity index (χ4n) is 1.63. The molecule has 17 heavy (non-hydrogen) atoms. The number of rotatable bonds is 3. The topological polar surface area (TPSA) is 94.9 Å². The van der Waals surface area contributed by atoms with E-state index in [0.29, 0.717) is 6.42 Å². The lowest BCUT2D eigenvalue weighted by atomic mass is 10.3. The number of β-amino-alcohol motifs (C(OH)–C–C–N with tert-alkyl or cyclic N) is 1. The van der Waals surface area contributed by atoms with Gasteiger partial charge in [0.25, 0.3) is 10.0 Å². The van der Waals surface area contributed by atoms with E-state index in [1.165, 1.54) is 16.4 Å². The molecule has 1 saturated heterocycles. The number of sulfonamides is 1. The van der Waals surface area contributed by atoms with Crippen LogP contribution in [-0.4, -0.2) is 48.1 Å². The number of carboxylic acid groups (broad SMARTS) is 1. The van der Waals surface area contributed by atoms with Gasteiger partial charge < -0.3 is 10.2 Å². The largest absolute Gasteiger partial charge is 0.477 e. The number of aliphatic hydroxyl groups is 1. The Morgan fingerprint density at radius 3 is 2.65 bits per heavy atom. The molecule has 0 spiro atoms. The van der Waals surface area contributed by atoms with Crippen molar-refractivity contribution in [3.05, 3.63) is 17.0 Å². The van der Waals surface area contributed by atoms with Crippen molar-refractivity contribution in [2.24, 2.45) is 0 Å². The zero-order valence-corrected chi connectivity index (χ0v) is 10.4. The lowest BCUT2D eigenvalue weighted by Crippen LogP contribution is -2.29. The predicted octanol–water partition coefficient (Wildman–Crippen LogP) is 0.202. The van der Waals surface area contributed by atoms with Crippen molar-refractivity contribution in [2.45, 2.75) is 16.7 Å². The molecule has 0 aliphatic carbocycles. The Morgan fingerprint density at radius 2 is 2.18 bits per heavy atom. The summed E-state index contributed by atoms with van der Waals surface area (Å²) in [5.74, 6) is -1.14. The monoisotopic (exact) mass is 277 g/mol. The molecule has 0 unspecified atom stereocenters. The first-order chi connectivity index (χ1) is 7.91. The highest BCUT2D eigenvalue weighted by atomic mass is 32.2. The summed E-state index contributed by atoms with van der Waals surface area (Å²) >= 11 is 0.725. The van der Waals surface area contributed by atoms with Crippen LogP contribution in [0, 0.1) is 0 Å². The average Bonchev–Trinajstić information content (AvgIpc) is 2.85. The molecule has 1 aliphatic rings. The SMILES string of the molecule is O=C(O)c1ccc(S(=O)(=O)N2CC[C@H](O)C2)s1. The summed E-state index contributed by atoms with van der Waals surface area (Å²) in [6.45, 7) is 0.340. The molecule has 0 aromatic carbocycles. The van der Waals surface area contributed by atoms with Gasteiger partial charge in [0.15, 0.2) is 0 Å². The van der Waals surface area contributed by atoms with E-state index in [1.54, 1.807) is 0 Å².